The molecule has 0 radical (unpaired) electrons. The van der Waals surface area contributed by atoms with Crippen LogP contribution in [0, 0.1) is 5.92 Å². The molecule has 2 nitrogen and oxygen atoms in total. The second-order valence-corrected chi connectivity index (χ2v) is 10.7. The summed E-state index contributed by atoms with van der Waals surface area (Å²) in [6.45, 7) is 23.8. The molecule has 1 aromatic rings. The fourth-order valence-corrected chi connectivity index (χ4v) is 4.48. The molecule has 4 heteroatoms. The van der Waals surface area contributed by atoms with Gasteiger partial charge in [-0.1, -0.05) is 96.4 Å². The van der Waals surface area contributed by atoms with Crippen LogP contribution in [0.15, 0.2) is 51.2 Å². The number of allylic oxidation sites excluding steroid dienone is 6. The third-order valence-electron chi connectivity index (χ3n) is 6.99. The number of halogens is 2. The Labute approximate surface area is 240 Å². The third kappa shape index (κ3) is 13.7. The van der Waals surface area contributed by atoms with E-state index < -0.39 is 0 Å². The summed E-state index contributed by atoms with van der Waals surface area (Å²) in [5.74, 6) is 1.08. The van der Waals surface area contributed by atoms with E-state index in [4.69, 9.17) is 11.6 Å². The molecule has 0 aliphatic heterocycles. The molecule has 0 bridgehead atoms. The van der Waals surface area contributed by atoms with Gasteiger partial charge >= 0.3 is 0 Å². The Kier molecular flexibility index (Phi) is 20.8. The van der Waals surface area contributed by atoms with Crippen molar-refractivity contribution in [3.05, 3.63) is 56.8 Å². The summed E-state index contributed by atoms with van der Waals surface area (Å²) in [5.41, 5.74) is 9.35. The van der Waals surface area contributed by atoms with Crippen molar-refractivity contribution in [1.82, 2.24) is 0 Å². The molecule has 0 saturated heterocycles. The maximum absolute atomic E-state index is 10.0. The van der Waals surface area contributed by atoms with E-state index in [1.807, 2.05) is 19.9 Å². The highest BCUT2D eigenvalue weighted by Gasteiger charge is 2.15. The molecule has 0 amide bonds. The number of rotatable bonds is 12. The van der Waals surface area contributed by atoms with Crippen LogP contribution in [-0.2, 0) is 0 Å². The van der Waals surface area contributed by atoms with Crippen molar-refractivity contribution in [2.45, 2.75) is 128 Å². The van der Waals surface area contributed by atoms with Crippen LogP contribution in [0.3, 0.4) is 0 Å². The Hall–Kier alpha value is -1.51. The van der Waals surface area contributed by atoms with Crippen molar-refractivity contribution < 1.29 is 5.11 Å². The second kappa shape index (κ2) is 20.5. The van der Waals surface area contributed by atoms with Gasteiger partial charge in [0, 0.05) is 11.4 Å². The molecule has 0 saturated carbocycles. The third-order valence-corrected chi connectivity index (χ3v) is 7.31. The van der Waals surface area contributed by atoms with Gasteiger partial charge in [0.25, 0.3) is 0 Å². The molecule has 0 aromatic heterocycles. The zero-order chi connectivity index (χ0) is 27.8. The van der Waals surface area contributed by atoms with Crippen LogP contribution in [0.2, 0.25) is 5.02 Å². The van der Waals surface area contributed by atoms with Crippen molar-refractivity contribution in [3.63, 3.8) is 0 Å². The normalized spacial score (nSPS) is 13.7. The lowest BCUT2D eigenvalue weighted by molar-refractivity contribution is 0.475. The van der Waals surface area contributed by atoms with Gasteiger partial charge in [0.15, 0.2) is 0 Å². The van der Waals surface area contributed by atoms with E-state index in [2.05, 4.69) is 67.3 Å². The summed E-state index contributed by atoms with van der Waals surface area (Å²) >= 11 is 5.99. The number of benzene rings is 1. The summed E-state index contributed by atoms with van der Waals surface area (Å²) < 4.78 is 0. The number of aliphatic imine (C=N–C) groups is 1. The predicted octanol–water partition coefficient (Wildman–Crippen LogP) is 12.2. The fourth-order valence-electron chi connectivity index (χ4n) is 4.36. The number of phenols is 1. The van der Waals surface area contributed by atoms with Gasteiger partial charge in [-0.3, -0.25) is 4.99 Å². The molecule has 0 heterocycles. The van der Waals surface area contributed by atoms with Crippen LogP contribution in [0.4, 0.5) is 0 Å². The quantitative estimate of drug-likeness (QED) is 0.156. The van der Waals surface area contributed by atoms with Gasteiger partial charge in [-0.15, -0.1) is 12.4 Å². The molecule has 0 aliphatic rings. The van der Waals surface area contributed by atoms with E-state index in [0.29, 0.717) is 5.02 Å². The van der Waals surface area contributed by atoms with E-state index in [0.717, 1.165) is 35.7 Å². The predicted molar refractivity (Wildman–Crippen MR) is 172 cm³/mol. The zero-order valence-corrected chi connectivity index (χ0v) is 27.2. The molecular weight excluding hydrogens is 497 g/mol. The molecule has 1 atom stereocenters. The second-order valence-electron chi connectivity index (χ2n) is 10.3. The first-order chi connectivity index (χ1) is 16.9. The summed E-state index contributed by atoms with van der Waals surface area (Å²) in [7, 11) is 0. The standard InChI is InChI=1S/C23H32ClNO.C10H22.ClH/c1-9-15(5)23(16(6)18(8)25-14(3)4)17(7)20(10-2)19-11-12-21(24)22(26)13-19;1-4-6-7-8-9-10(3)5-2;/h11-13,26H,9-10H2,1-8H3;10H,4-9H2,1-3H3;1H/b18-16-,20-17+,23-15-;;. The van der Waals surface area contributed by atoms with E-state index in [1.54, 1.807) is 12.1 Å². The minimum atomic E-state index is 0. The van der Waals surface area contributed by atoms with Crippen LogP contribution in [0.5, 0.6) is 5.75 Å². The average molecular weight is 553 g/mol. The Morgan fingerprint density at radius 1 is 0.892 bits per heavy atom. The number of phenolic OH excluding ortho intramolecular Hbond substituents is 1. The van der Waals surface area contributed by atoms with Crippen LogP contribution >= 0.6 is 24.0 Å². The molecule has 1 rings (SSSR count). The van der Waals surface area contributed by atoms with Crippen LogP contribution in [-0.4, -0.2) is 10.8 Å². The van der Waals surface area contributed by atoms with Gasteiger partial charge in [0.1, 0.15) is 5.75 Å². The Morgan fingerprint density at radius 3 is 1.97 bits per heavy atom. The highest BCUT2D eigenvalue weighted by molar-refractivity contribution is 6.32. The number of unbranched alkanes of at least 4 members (excludes halogenated alkanes) is 3. The summed E-state index contributed by atoms with van der Waals surface area (Å²) in [4.78, 5) is 4.66. The van der Waals surface area contributed by atoms with E-state index in [1.165, 1.54) is 66.4 Å². The summed E-state index contributed by atoms with van der Waals surface area (Å²) in [6.07, 6.45) is 10.3. The summed E-state index contributed by atoms with van der Waals surface area (Å²) in [5, 5.41) is 10.4. The number of aromatic hydroxyl groups is 1. The Morgan fingerprint density at radius 2 is 1.51 bits per heavy atom. The smallest absolute Gasteiger partial charge is 0.134 e. The number of hydrogen-bond acceptors (Lipinski definition) is 2. The Balaban J connectivity index is 0. The van der Waals surface area contributed by atoms with Crippen LogP contribution < -0.4 is 0 Å². The lowest BCUT2D eigenvalue weighted by atomic mass is 9.86. The van der Waals surface area contributed by atoms with Crippen molar-refractivity contribution in [2.75, 3.05) is 0 Å². The van der Waals surface area contributed by atoms with Gasteiger partial charge in [0.05, 0.1) is 5.02 Å². The molecule has 1 N–H and O–H groups in total. The van der Waals surface area contributed by atoms with Crippen molar-refractivity contribution >= 4 is 35.3 Å². The minimum Gasteiger partial charge on any atom is -0.506 e. The van der Waals surface area contributed by atoms with Gasteiger partial charge < -0.3 is 5.11 Å². The van der Waals surface area contributed by atoms with Gasteiger partial charge in [-0.2, -0.15) is 0 Å². The molecule has 212 valence electrons. The summed E-state index contributed by atoms with van der Waals surface area (Å²) in [6, 6.07) is 5.48. The first kappa shape index (κ1) is 37.6. The van der Waals surface area contributed by atoms with Crippen molar-refractivity contribution in [1.29, 1.82) is 0 Å². The first-order valence-electron chi connectivity index (χ1n) is 14.0. The molecule has 0 fully saturated rings. The number of hydrogen-bond donors (Lipinski definition) is 1. The fraction of sp³-hybridized carbons (Fsp3) is 0.606. The molecule has 37 heavy (non-hydrogen) atoms. The maximum Gasteiger partial charge on any atom is 0.134 e. The van der Waals surface area contributed by atoms with Crippen LogP contribution in [0.25, 0.3) is 5.57 Å². The SMILES string of the molecule is CC/C(C)=C(C(/C)=C(/C)N=C(C)C)\C(C)=C(/CC)c1ccc(Cl)c(O)c1.CCCCCCC(C)CC.Cl. The highest BCUT2D eigenvalue weighted by Crippen LogP contribution is 2.36. The largest absolute Gasteiger partial charge is 0.506 e. The van der Waals surface area contributed by atoms with Gasteiger partial charge in [-0.05, 0) is 100 Å². The maximum atomic E-state index is 10.0. The molecule has 0 aliphatic carbocycles. The lowest BCUT2D eigenvalue weighted by Crippen LogP contribution is -2.00. The van der Waals surface area contributed by atoms with E-state index in [-0.39, 0.29) is 18.2 Å². The molecule has 1 aromatic carbocycles. The topological polar surface area (TPSA) is 32.6 Å². The first-order valence-corrected chi connectivity index (χ1v) is 14.4. The van der Waals surface area contributed by atoms with Gasteiger partial charge in [0.2, 0.25) is 0 Å². The monoisotopic (exact) mass is 551 g/mol. The van der Waals surface area contributed by atoms with Crippen LogP contribution in [0.1, 0.15) is 133 Å². The Bertz CT molecular complexity index is 934. The highest BCUT2D eigenvalue weighted by atomic mass is 35.5. The molecule has 1 unspecified atom stereocenters. The zero-order valence-electron chi connectivity index (χ0n) is 25.6. The van der Waals surface area contributed by atoms with E-state index in [9.17, 15) is 5.11 Å². The minimum absolute atomic E-state index is 0. The molecular formula is C33H55Cl2NO. The molecule has 0 spiro atoms. The van der Waals surface area contributed by atoms with Gasteiger partial charge in [-0.25, -0.2) is 0 Å². The average Bonchev–Trinajstić information content (AvgIpc) is 2.84. The van der Waals surface area contributed by atoms with E-state index >= 15 is 0 Å². The number of nitrogens with zero attached hydrogens (tertiary/aromatic N) is 1. The van der Waals surface area contributed by atoms with Crippen molar-refractivity contribution in [2.24, 2.45) is 10.9 Å². The van der Waals surface area contributed by atoms with Crippen molar-refractivity contribution in [3.8, 4) is 5.75 Å². The lowest BCUT2D eigenvalue weighted by Gasteiger charge is -2.19.